The van der Waals surface area contributed by atoms with Crippen molar-refractivity contribution in [3.8, 4) is 5.69 Å². The van der Waals surface area contributed by atoms with Crippen LogP contribution in [0.25, 0.3) is 16.6 Å². The lowest BCUT2D eigenvalue weighted by Crippen LogP contribution is -2.43. The highest BCUT2D eigenvalue weighted by atomic mass is 16.5. The number of ether oxygens (including phenoxy) is 1. The molecule has 31 heavy (non-hydrogen) atoms. The van der Waals surface area contributed by atoms with Crippen molar-refractivity contribution in [1.29, 1.82) is 0 Å². The molecule has 4 rings (SSSR count). The number of aromatic nitrogens is 2. The lowest BCUT2D eigenvalue weighted by atomic mass is 10.0. The van der Waals surface area contributed by atoms with Gasteiger partial charge in [0.25, 0.3) is 5.91 Å². The van der Waals surface area contributed by atoms with Crippen LogP contribution in [-0.4, -0.2) is 34.6 Å². The number of rotatable bonds is 6. The molecule has 2 heterocycles. The van der Waals surface area contributed by atoms with Gasteiger partial charge in [-0.05, 0) is 43.7 Å². The Morgan fingerprint density at radius 2 is 1.77 bits per heavy atom. The molecular weight excluding hydrogens is 390 g/mol. The fourth-order valence-electron chi connectivity index (χ4n) is 4.06. The molecule has 4 aromatic rings. The lowest BCUT2D eigenvalue weighted by Gasteiger charge is -2.16. The molecule has 0 fully saturated rings. The summed E-state index contributed by atoms with van der Waals surface area (Å²) < 4.78 is 7.00. The number of esters is 1. The number of carbonyl (C=O) groups is 2. The van der Waals surface area contributed by atoms with E-state index < -0.39 is 12.0 Å². The number of amides is 1. The fourth-order valence-corrected chi connectivity index (χ4v) is 4.06. The molecule has 158 valence electrons. The van der Waals surface area contributed by atoms with Crippen LogP contribution in [-0.2, 0) is 16.0 Å². The Hall–Kier alpha value is -3.80. The minimum absolute atomic E-state index is 0.300. The van der Waals surface area contributed by atoms with Gasteiger partial charge in [-0.2, -0.15) is 0 Å². The van der Waals surface area contributed by atoms with Crippen LogP contribution < -0.4 is 5.32 Å². The summed E-state index contributed by atoms with van der Waals surface area (Å²) in [4.78, 5) is 28.8. The van der Waals surface area contributed by atoms with Gasteiger partial charge in [0.05, 0.1) is 12.7 Å². The number of fused-ring (bicyclic) bond motifs is 1. The number of aryl methyl sites for hydroxylation is 1. The van der Waals surface area contributed by atoms with Crippen LogP contribution in [0.5, 0.6) is 0 Å². The highest BCUT2D eigenvalue weighted by Gasteiger charge is 2.26. The second kappa shape index (κ2) is 8.52. The van der Waals surface area contributed by atoms with E-state index in [9.17, 15) is 9.59 Å². The van der Waals surface area contributed by atoms with E-state index >= 15 is 0 Å². The third-order valence-electron chi connectivity index (χ3n) is 5.58. The molecular formula is C25H25N3O3. The van der Waals surface area contributed by atoms with Gasteiger partial charge in [-0.1, -0.05) is 36.4 Å². The number of aromatic amines is 1. The Balaban J connectivity index is 1.61. The van der Waals surface area contributed by atoms with Crippen molar-refractivity contribution in [1.82, 2.24) is 14.9 Å². The van der Waals surface area contributed by atoms with E-state index in [0.717, 1.165) is 33.5 Å². The maximum Gasteiger partial charge on any atom is 0.328 e. The first-order valence-corrected chi connectivity index (χ1v) is 10.2. The monoisotopic (exact) mass is 415 g/mol. The number of hydrogen-bond acceptors (Lipinski definition) is 3. The molecule has 2 aromatic carbocycles. The lowest BCUT2D eigenvalue weighted by molar-refractivity contribution is -0.142. The molecule has 0 spiro atoms. The zero-order valence-electron chi connectivity index (χ0n) is 17.8. The normalized spacial score (nSPS) is 12.0. The van der Waals surface area contributed by atoms with E-state index in [-0.39, 0.29) is 5.91 Å². The second-order valence-corrected chi connectivity index (χ2v) is 7.57. The van der Waals surface area contributed by atoms with Crippen molar-refractivity contribution in [2.45, 2.75) is 26.3 Å². The van der Waals surface area contributed by atoms with E-state index in [4.69, 9.17) is 4.74 Å². The third kappa shape index (κ3) is 3.97. The highest BCUT2D eigenvalue weighted by Crippen LogP contribution is 2.22. The number of nitrogens with zero attached hydrogens (tertiary/aromatic N) is 1. The smallest absolute Gasteiger partial charge is 0.328 e. The molecule has 6 heteroatoms. The molecule has 0 bridgehead atoms. The zero-order valence-corrected chi connectivity index (χ0v) is 17.8. The molecule has 6 nitrogen and oxygen atoms in total. The predicted octanol–water partition coefficient (Wildman–Crippen LogP) is 4.09. The maximum absolute atomic E-state index is 13.1. The van der Waals surface area contributed by atoms with Crippen molar-refractivity contribution < 1.29 is 14.3 Å². The zero-order chi connectivity index (χ0) is 22.0. The van der Waals surface area contributed by atoms with Gasteiger partial charge >= 0.3 is 5.97 Å². The third-order valence-corrected chi connectivity index (χ3v) is 5.58. The van der Waals surface area contributed by atoms with Gasteiger partial charge in [0.2, 0.25) is 0 Å². The summed E-state index contributed by atoms with van der Waals surface area (Å²) in [6, 6.07) is 18.8. The molecule has 0 aliphatic rings. The Labute approximate surface area is 180 Å². The van der Waals surface area contributed by atoms with Crippen molar-refractivity contribution >= 4 is 22.8 Å². The van der Waals surface area contributed by atoms with Gasteiger partial charge in [0.15, 0.2) is 0 Å². The van der Waals surface area contributed by atoms with Crippen LogP contribution in [0.2, 0.25) is 0 Å². The number of hydrogen-bond donors (Lipinski definition) is 2. The molecule has 2 N–H and O–H groups in total. The minimum Gasteiger partial charge on any atom is -0.467 e. The van der Waals surface area contributed by atoms with Gasteiger partial charge in [-0.3, -0.25) is 4.79 Å². The Bertz CT molecular complexity index is 1240. The molecule has 1 amide bonds. The topological polar surface area (TPSA) is 76.1 Å². The van der Waals surface area contributed by atoms with Gasteiger partial charge in [-0.25, -0.2) is 4.79 Å². The first-order valence-electron chi connectivity index (χ1n) is 10.2. The number of methoxy groups -OCH3 is 1. The van der Waals surface area contributed by atoms with Gasteiger partial charge in [-0.15, -0.1) is 0 Å². The molecule has 1 atom stereocenters. The second-order valence-electron chi connectivity index (χ2n) is 7.57. The summed E-state index contributed by atoms with van der Waals surface area (Å²) in [6.07, 6.45) is 2.20. The van der Waals surface area contributed by atoms with Crippen molar-refractivity contribution in [2.24, 2.45) is 0 Å². The van der Waals surface area contributed by atoms with Crippen LogP contribution in [0.4, 0.5) is 0 Å². The first-order chi connectivity index (χ1) is 15.0. The standard InChI is InChI=1S/C25H25N3O3/c1-16-13-21(17(2)28(16)19-9-5-4-6-10-19)24(29)27-23(25(30)31-3)14-18-15-26-22-12-8-7-11-20(18)22/h4-13,15,23,26H,14H2,1-3H3,(H,27,29). The van der Waals surface area contributed by atoms with Crippen LogP contribution >= 0.6 is 0 Å². The molecule has 0 saturated carbocycles. The van der Waals surface area contributed by atoms with Gasteiger partial charge in [0, 0.05) is 40.6 Å². The quantitative estimate of drug-likeness (QED) is 0.466. The number of benzene rings is 2. The van der Waals surface area contributed by atoms with E-state index in [1.54, 1.807) is 0 Å². The maximum atomic E-state index is 13.1. The molecule has 0 radical (unpaired) electrons. The average molecular weight is 415 g/mol. The van der Waals surface area contributed by atoms with E-state index in [0.29, 0.717) is 12.0 Å². The summed E-state index contributed by atoms with van der Waals surface area (Å²) in [5, 5.41) is 3.90. The summed E-state index contributed by atoms with van der Waals surface area (Å²) in [6.45, 7) is 3.86. The van der Waals surface area contributed by atoms with E-state index in [2.05, 4.69) is 10.3 Å². The SMILES string of the molecule is COC(=O)C(Cc1c[nH]c2ccccc12)NC(=O)c1cc(C)n(-c2ccccc2)c1C. The summed E-state index contributed by atoms with van der Waals surface area (Å²) in [5.74, 6) is -0.777. The number of nitrogens with one attached hydrogen (secondary N) is 2. The molecule has 0 saturated heterocycles. The van der Waals surface area contributed by atoms with Crippen molar-refractivity contribution in [2.75, 3.05) is 7.11 Å². The van der Waals surface area contributed by atoms with Crippen LogP contribution in [0, 0.1) is 13.8 Å². The number of carbonyl (C=O) groups excluding carboxylic acids is 2. The van der Waals surface area contributed by atoms with Gasteiger partial charge in [0.1, 0.15) is 6.04 Å². The van der Waals surface area contributed by atoms with Crippen molar-refractivity contribution in [3.05, 3.63) is 89.4 Å². The molecule has 0 aliphatic carbocycles. The van der Waals surface area contributed by atoms with Crippen LogP contribution in [0.1, 0.15) is 27.3 Å². The Morgan fingerprint density at radius 3 is 2.52 bits per heavy atom. The van der Waals surface area contributed by atoms with Crippen molar-refractivity contribution in [3.63, 3.8) is 0 Å². The highest BCUT2D eigenvalue weighted by molar-refractivity contribution is 5.98. The predicted molar refractivity (Wildman–Crippen MR) is 121 cm³/mol. The van der Waals surface area contributed by atoms with Crippen LogP contribution in [0.15, 0.2) is 66.9 Å². The Kier molecular flexibility index (Phi) is 5.62. The van der Waals surface area contributed by atoms with E-state index in [1.807, 2.05) is 85.3 Å². The fraction of sp³-hybridized carbons (Fsp3) is 0.200. The van der Waals surface area contributed by atoms with Crippen LogP contribution in [0.3, 0.4) is 0 Å². The van der Waals surface area contributed by atoms with E-state index in [1.165, 1.54) is 7.11 Å². The molecule has 2 aromatic heterocycles. The largest absolute Gasteiger partial charge is 0.467 e. The van der Waals surface area contributed by atoms with Gasteiger partial charge < -0.3 is 19.6 Å². The number of H-pyrrole nitrogens is 1. The number of para-hydroxylation sites is 2. The minimum atomic E-state index is -0.795. The molecule has 1 unspecified atom stereocenters. The summed E-state index contributed by atoms with van der Waals surface area (Å²) in [7, 11) is 1.33. The molecule has 0 aliphatic heterocycles. The first kappa shape index (κ1) is 20.5. The Morgan fingerprint density at radius 1 is 1.06 bits per heavy atom. The summed E-state index contributed by atoms with van der Waals surface area (Å²) in [5.41, 5.74) is 5.21. The summed E-state index contributed by atoms with van der Waals surface area (Å²) >= 11 is 0. The average Bonchev–Trinajstić information content (AvgIpc) is 3.33.